The van der Waals surface area contributed by atoms with E-state index in [4.69, 9.17) is 4.74 Å². The van der Waals surface area contributed by atoms with E-state index in [0.717, 1.165) is 48.3 Å². The minimum Gasteiger partial charge on any atom is -0.497 e. The highest BCUT2D eigenvalue weighted by molar-refractivity contribution is 5.47. The molecule has 1 N–H and O–H groups in total. The zero-order chi connectivity index (χ0) is 19.1. The van der Waals surface area contributed by atoms with Crippen LogP contribution in [0.15, 0.2) is 18.2 Å². The monoisotopic (exact) mass is 366 g/mol. The van der Waals surface area contributed by atoms with Crippen LogP contribution in [-0.4, -0.2) is 38.6 Å². The standard InChI is InChI=1S/C20H26N6O/c1-12-18(13(2)22-21-12)11-19-23-24-20(25(19)4)26-9-8-15-10-16(27-5)6-7-17(15)14(26)3/h6-7,10,14H,8-9,11H2,1-5H3,(H,21,22). The Morgan fingerprint density at radius 2 is 2.07 bits per heavy atom. The van der Waals surface area contributed by atoms with Crippen molar-refractivity contribution in [2.45, 2.75) is 39.7 Å². The second-order valence-electron chi connectivity index (χ2n) is 7.25. The van der Waals surface area contributed by atoms with Gasteiger partial charge in [0.05, 0.1) is 18.8 Å². The summed E-state index contributed by atoms with van der Waals surface area (Å²) in [4.78, 5) is 2.33. The number of methoxy groups -OCH3 is 1. The molecule has 1 aliphatic heterocycles. The third-order valence-corrected chi connectivity index (χ3v) is 5.70. The van der Waals surface area contributed by atoms with Crippen LogP contribution >= 0.6 is 0 Å². The van der Waals surface area contributed by atoms with Crippen LogP contribution in [0.3, 0.4) is 0 Å². The summed E-state index contributed by atoms with van der Waals surface area (Å²) in [6.07, 6.45) is 1.70. The first-order valence-electron chi connectivity index (χ1n) is 9.31. The Morgan fingerprint density at radius 1 is 1.26 bits per heavy atom. The van der Waals surface area contributed by atoms with Crippen molar-refractivity contribution in [3.05, 3.63) is 52.1 Å². The molecule has 3 aromatic rings. The fraction of sp³-hybridized carbons (Fsp3) is 0.450. The van der Waals surface area contributed by atoms with Crippen LogP contribution in [0.1, 0.15) is 46.9 Å². The van der Waals surface area contributed by atoms with Gasteiger partial charge >= 0.3 is 0 Å². The normalized spacial score (nSPS) is 16.5. The van der Waals surface area contributed by atoms with Gasteiger partial charge in [-0.25, -0.2) is 0 Å². The summed E-state index contributed by atoms with van der Waals surface area (Å²) in [6.45, 7) is 7.21. The molecule has 7 nitrogen and oxygen atoms in total. The average molecular weight is 366 g/mol. The topological polar surface area (TPSA) is 71.9 Å². The third kappa shape index (κ3) is 2.97. The van der Waals surface area contributed by atoms with Crippen molar-refractivity contribution in [2.24, 2.45) is 7.05 Å². The van der Waals surface area contributed by atoms with E-state index in [-0.39, 0.29) is 6.04 Å². The third-order valence-electron chi connectivity index (χ3n) is 5.70. The van der Waals surface area contributed by atoms with E-state index in [1.54, 1.807) is 7.11 Å². The van der Waals surface area contributed by atoms with Crippen LogP contribution in [0.25, 0.3) is 0 Å². The van der Waals surface area contributed by atoms with Crippen molar-refractivity contribution >= 4 is 5.95 Å². The zero-order valence-corrected chi connectivity index (χ0v) is 16.6. The number of fused-ring (bicyclic) bond motifs is 1. The lowest BCUT2D eigenvalue weighted by Gasteiger charge is -2.35. The number of aromatic nitrogens is 5. The van der Waals surface area contributed by atoms with Gasteiger partial charge < -0.3 is 14.2 Å². The largest absolute Gasteiger partial charge is 0.497 e. The summed E-state index contributed by atoms with van der Waals surface area (Å²) in [5, 5.41) is 16.3. The molecule has 2 aromatic heterocycles. The predicted molar refractivity (Wildman–Crippen MR) is 104 cm³/mol. The van der Waals surface area contributed by atoms with Crippen LogP contribution in [0.2, 0.25) is 0 Å². The van der Waals surface area contributed by atoms with Crippen LogP contribution in [0.4, 0.5) is 5.95 Å². The first-order valence-corrected chi connectivity index (χ1v) is 9.31. The van der Waals surface area contributed by atoms with Gasteiger partial charge in [0.1, 0.15) is 11.6 Å². The Bertz CT molecular complexity index is 954. The van der Waals surface area contributed by atoms with Gasteiger partial charge in [-0.2, -0.15) is 5.10 Å². The minimum atomic E-state index is 0.243. The smallest absolute Gasteiger partial charge is 0.227 e. The van der Waals surface area contributed by atoms with Gasteiger partial charge in [0.25, 0.3) is 0 Å². The van der Waals surface area contributed by atoms with Gasteiger partial charge in [-0.15, -0.1) is 10.2 Å². The van der Waals surface area contributed by atoms with E-state index >= 15 is 0 Å². The molecule has 27 heavy (non-hydrogen) atoms. The summed E-state index contributed by atoms with van der Waals surface area (Å²) < 4.78 is 7.48. The first-order chi connectivity index (χ1) is 13.0. The number of H-pyrrole nitrogens is 1. The average Bonchev–Trinajstić information content (AvgIpc) is 3.19. The summed E-state index contributed by atoms with van der Waals surface area (Å²) in [5.41, 5.74) is 5.98. The molecule has 7 heteroatoms. The van der Waals surface area contributed by atoms with Gasteiger partial charge in [0.2, 0.25) is 5.95 Å². The van der Waals surface area contributed by atoms with Crippen molar-refractivity contribution in [2.75, 3.05) is 18.6 Å². The van der Waals surface area contributed by atoms with E-state index in [9.17, 15) is 0 Å². The van der Waals surface area contributed by atoms with Gasteiger partial charge in [-0.05, 0) is 50.5 Å². The van der Waals surface area contributed by atoms with Crippen molar-refractivity contribution in [1.29, 1.82) is 0 Å². The summed E-state index contributed by atoms with van der Waals surface area (Å²) in [6, 6.07) is 6.59. The summed E-state index contributed by atoms with van der Waals surface area (Å²) in [7, 11) is 3.76. The number of aromatic amines is 1. The van der Waals surface area contributed by atoms with Gasteiger partial charge in [0.15, 0.2) is 0 Å². The molecule has 0 bridgehead atoms. The molecular formula is C20H26N6O. The quantitative estimate of drug-likeness (QED) is 0.769. The van der Waals surface area contributed by atoms with Crippen LogP contribution < -0.4 is 9.64 Å². The highest BCUT2D eigenvalue weighted by Crippen LogP contribution is 2.34. The van der Waals surface area contributed by atoms with E-state index in [1.807, 2.05) is 27.0 Å². The Morgan fingerprint density at radius 3 is 2.78 bits per heavy atom. The summed E-state index contributed by atoms with van der Waals surface area (Å²) >= 11 is 0. The number of anilines is 1. The number of hydrogen-bond acceptors (Lipinski definition) is 5. The maximum Gasteiger partial charge on any atom is 0.227 e. The molecule has 1 aromatic carbocycles. The molecule has 0 saturated heterocycles. The SMILES string of the molecule is COc1ccc2c(c1)CCN(c1nnc(Cc3c(C)n[nH]c3C)n1C)C2C. The predicted octanol–water partition coefficient (Wildman–Crippen LogP) is 2.88. The number of aryl methyl sites for hydroxylation is 2. The molecule has 3 heterocycles. The number of hydrogen-bond donors (Lipinski definition) is 1. The van der Waals surface area contributed by atoms with Gasteiger partial charge in [-0.1, -0.05) is 6.07 Å². The van der Waals surface area contributed by atoms with Crippen molar-refractivity contribution in [1.82, 2.24) is 25.0 Å². The lowest BCUT2D eigenvalue weighted by Crippen LogP contribution is -2.35. The van der Waals surface area contributed by atoms with E-state index in [2.05, 4.69) is 48.9 Å². The first kappa shape index (κ1) is 17.6. The lowest BCUT2D eigenvalue weighted by molar-refractivity contribution is 0.413. The number of ether oxygens (including phenoxy) is 1. The maximum absolute atomic E-state index is 5.37. The Balaban J connectivity index is 1.62. The van der Waals surface area contributed by atoms with E-state index in [1.165, 1.54) is 16.7 Å². The molecule has 1 atom stereocenters. The molecule has 0 saturated carbocycles. The lowest BCUT2D eigenvalue weighted by atomic mass is 9.93. The second kappa shape index (κ2) is 6.72. The number of benzene rings is 1. The molecule has 0 spiro atoms. The Kier molecular flexibility index (Phi) is 4.37. The molecule has 142 valence electrons. The van der Waals surface area contributed by atoms with Crippen LogP contribution in [0.5, 0.6) is 5.75 Å². The Hall–Kier alpha value is -2.83. The van der Waals surface area contributed by atoms with E-state index < -0.39 is 0 Å². The van der Waals surface area contributed by atoms with Crippen molar-refractivity contribution in [3.63, 3.8) is 0 Å². The summed E-state index contributed by atoms with van der Waals surface area (Å²) in [5.74, 6) is 2.78. The highest BCUT2D eigenvalue weighted by Gasteiger charge is 2.28. The molecule has 0 amide bonds. The number of rotatable bonds is 4. The minimum absolute atomic E-state index is 0.243. The highest BCUT2D eigenvalue weighted by atomic mass is 16.5. The van der Waals surface area contributed by atoms with Crippen LogP contribution in [-0.2, 0) is 19.9 Å². The molecule has 0 aliphatic carbocycles. The fourth-order valence-electron chi connectivity index (χ4n) is 3.96. The van der Waals surface area contributed by atoms with Gasteiger partial charge in [0, 0.05) is 31.3 Å². The molecule has 0 fully saturated rings. The molecular weight excluding hydrogens is 340 g/mol. The van der Waals surface area contributed by atoms with Crippen molar-refractivity contribution < 1.29 is 4.74 Å². The number of nitrogens with zero attached hydrogens (tertiary/aromatic N) is 5. The Labute approximate surface area is 159 Å². The van der Waals surface area contributed by atoms with E-state index in [0.29, 0.717) is 0 Å². The molecule has 0 radical (unpaired) electrons. The molecule has 1 unspecified atom stereocenters. The van der Waals surface area contributed by atoms with Crippen molar-refractivity contribution in [3.8, 4) is 5.75 Å². The number of nitrogens with one attached hydrogen (secondary N) is 1. The fourth-order valence-corrected chi connectivity index (χ4v) is 3.96. The van der Waals surface area contributed by atoms with Crippen LogP contribution in [0, 0.1) is 13.8 Å². The van der Waals surface area contributed by atoms with Gasteiger partial charge in [-0.3, -0.25) is 5.10 Å². The second-order valence-corrected chi connectivity index (χ2v) is 7.25. The maximum atomic E-state index is 5.37. The molecule has 1 aliphatic rings. The zero-order valence-electron chi connectivity index (χ0n) is 16.6. The molecule has 4 rings (SSSR count).